The number of hydrazone groups is 1. The highest BCUT2D eigenvalue weighted by Crippen LogP contribution is 2.23. The van der Waals surface area contributed by atoms with Crippen LogP contribution in [0.3, 0.4) is 0 Å². The number of ether oxygens (including phenoxy) is 1. The third kappa shape index (κ3) is 4.45. The van der Waals surface area contributed by atoms with Gasteiger partial charge in [-0.1, -0.05) is 37.3 Å². The van der Waals surface area contributed by atoms with Crippen molar-refractivity contribution < 1.29 is 19.1 Å². The molecule has 2 N–H and O–H groups in total. The van der Waals surface area contributed by atoms with Gasteiger partial charge >= 0.3 is 5.97 Å². The largest absolute Gasteiger partial charge is 0.466 e. The second-order valence-electron chi connectivity index (χ2n) is 4.85. The van der Waals surface area contributed by atoms with Gasteiger partial charge in [-0.25, -0.2) is 10.2 Å². The molecule has 0 bridgehead atoms. The number of benzene rings is 1. The van der Waals surface area contributed by atoms with Crippen LogP contribution in [-0.4, -0.2) is 30.1 Å². The number of amides is 2. The molecule has 1 saturated heterocycles. The van der Waals surface area contributed by atoms with E-state index in [9.17, 15) is 14.4 Å². The van der Waals surface area contributed by atoms with Crippen LogP contribution in [0.2, 0.25) is 0 Å². The number of rotatable bonds is 5. The number of carbonyl (C=O) groups is 3. The number of nitrogens with zero attached hydrogens (tertiary/aromatic N) is 1. The molecule has 2 amide bonds. The fraction of sp³-hybridized carbons (Fsp3) is 0.250. The summed E-state index contributed by atoms with van der Waals surface area (Å²) in [6.07, 6.45) is 1.69. The van der Waals surface area contributed by atoms with Crippen molar-refractivity contribution in [1.82, 2.24) is 10.7 Å². The average Bonchev–Trinajstić information content (AvgIpc) is 2.94. The van der Waals surface area contributed by atoms with Crippen molar-refractivity contribution in [2.45, 2.75) is 19.3 Å². The van der Waals surface area contributed by atoms with Crippen LogP contribution in [-0.2, 0) is 19.1 Å². The van der Waals surface area contributed by atoms with Gasteiger partial charge < -0.3 is 4.74 Å². The van der Waals surface area contributed by atoms with E-state index in [1.54, 1.807) is 0 Å². The lowest BCUT2D eigenvalue weighted by atomic mass is 9.96. The lowest BCUT2D eigenvalue weighted by Crippen LogP contribution is -2.28. The molecule has 1 atom stereocenters. The summed E-state index contributed by atoms with van der Waals surface area (Å²) in [6.45, 7) is 1.91. The quantitative estimate of drug-likeness (QED) is 0.478. The van der Waals surface area contributed by atoms with Crippen molar-refractivity contribution >= 4 is 34.7 Å². The van der Waals surface area contributed by atoms with Crippen LogP contribution in [0.4, 0.5) is 0 Å². The Balaban J connectivity index is 2.03. The van der Waals surface area contributed by atoms with Crippen LogP contribution in [0, 0.1) is 0 Å². The molecule has 0 aromatic heterocycles. The lowest BCUT2D eigenvalue weighted by Gasteiger charge is -2.13. The molecule has 0 radical (unpaired) electrons. The fourth-order valence-electron chi connectivity index (χ4n) is 2.09. The minimum absolute atomic E-state index is 0.157. The summed E-state index contributed by atoms with van der Waals surface area (Å²) in [5, 5.41) is 6.58. The Bertz CT molecular complexity index is 701. The molecule has 2 rings (SSSR count). The Morgan fingerprint density at radius 1 is 1.38 bits per heavy atom. The van der Waals surface area contributed by atoms with E-state index in [0.29, 0.717) is 6.42 Å². The van der Waals surface area contributed by atoms with Crippen molar-refractivity contribution in [3.8, 4) is 0 Å². The maximum atomic E-state index is 12.3. The minimum Gasteiger partial charge on any atom is -0.466 e. The highest BCUT2D eigenvalue weighted by molar-refractivity contribution is 8.18. The molecular formula is C16H17N3O4S. The van der Waals surface area contributed by atoms with E-state index in [1.807, 2.05) is 37.3 Å². The lowest BCUT2D eigenvalue weighted by molar-refractivity contribution is -0.135. The molecule has 24 heavy (non-hydrogen) atoms. The number of nitrogens with one attached hydrogen (secondary N) is 2. The zero-order chi connectivity index (χ0) is 17.5. The van der Waals surface area contributed by atoms with E-state index in [-0.39, 0.29) is 21.9 Å². The monoisotopic (exact) mass is 347 g/mol. The Morgan fingerprint density at radius 3 is 2.71 bits per heavy atom. The summed E-state index contributed by atoms with van der Waals surface area (Å²) < 4.78 is 4.47. The van der Waals surface area contributed by atoms with Crippen LogP contribution < -0.4 is 10.7 Å². The van der Waals surface area contributed by atoms with Crippen molar-refractivity contribution in [1.29, 1.82) is 0 Å². The Morgan fingerprint density at radius 2 is 2.08 bits per heavy atom. The topological polar surface area (TPSA) is 96.9 Å². The van der Waals surface area contributed by atoms with Crippen LogP contribution >= 0.6 is 11.8 Å². The van der Waals surface area contributed by atoms with E-state index >= 15 is 0 Å². The van der Waals surface area contributed by atoms with Crippen molar-refractivity contribution in [2.24, 2.45) is 5.10 Å². The van der Waals surface area contributed by atoms with Gasteiger partial charge in [0, 0.05) is 6.08 Å². The predicted molar refractivity (Wildman–Crippen MR) is 90.9 cm³/mol. The van der Waals surface area contributed by atoms with Crippen molar-refractivity contribution in [3.63, 3.8) is 0 Å². The molecule has 1 aliphatic heterocycles. The molecule has 8 heteroatoms. The molecule has 1 aliphatic rings. The second kappa shape index (κ2) is 8.30. The summed E-state index contributed by atoms with van der Waals surface area (Å²) in [5.41, 5.74) is 3.35. The normalized spacial score (nSPS) is 18.3. The number of thioether (sulfide) groups is 1. The van der Waals surface area contributed by atoms with Gasteiger partial charge in [0.1, 0.15) is 0 Å². The van der Waals surface area contributed by atoms with Crippen LogP contribution in [0.15, 0.2) is 46.4 Å². The van der Waals surface area contributed by atoms with Crippen LogP contribution in [0.5, 0.6) is 0 Å². The average molecular weight is 347 g/mol. The first-order chi connectivity index (χ1) is 11.5. The molecule has 126 valence electrons. The SMILES string of the molecule is CCC(C(=O)N/N=C1/NC(=O)C(=CC(=O)OC)S1)c1ccccc1. The third-order valence-electron chi connectivity index (χ3n) is 3.30. The van der Waals surface area contributed by atoms with Crippen molar-refractivity contribution in [3.05, 3.63) is 46.9 Å². The fourth-order valence-corrected chi connectivity index (χ4v) is 2.83. The highest BCUT2D eigenvalue weighted by atomic mass is 32.2. The van der Waals surface area contributed by atoms with Gasteiger partial charge in [-0.15, -0.1) is 5.10 Å². The van der Waals surface area contributed by atoms with Crippen molar-refractivity contribution in [2.75, 3.05) is 7.11 Å². The molecule has 0 saturated carbocycles. The summed E-state index contributed by atoms with van der Waals surface area (Å²) in [5.74, 6) is -1.69. The van der Waals surface area contributed by atoms with Gasteiger partial charge in [0.05, 0.1) is 17.9 Å². The molecule has 1 fully saturated rings. The first kappa shape index (κ1) is 17.7. The Kier molecular flexibility index (Phi) is 6.14. The van der Waals surface area contributed by atoms with E-state index < -0.39 is 11.9 Å². The maximum Gasteiger partial charge on any atom is 0.331 e. The first-order valence-electron chi connectivity index (χ1n) is 7.26. The van der Waals surface area contributed by atoms with Crippen LogP contribution in [0.1, 0.15) is 24.8 Å². The van der Waals surface area contributed by atoms with E-state index in [1.165, 1.54) is 7.11 Å². The van der Waals surface area contributed by atoms with E-state index in [4.69, 9.17) is 0 Å². The number of hydrogen-bond donors (Lipinski definition) is 2. The molecule has 7 nitrogen and oxygen atoms in total. The standard InChI is InChI=1S/C16H17N3O4S/c1-3-11(10-7-5-4-6-8-10)14(21)18-19-16-17-15(22)12(24-16)9-13(20)23-2/h4-9,11H,3H2,1-2H3,(H,18,21)(H,17,19,22). The zero-order valence-corrected chi connectivity index (χ0v) is 14.1. The molecular weight excluding hydrogens is 330 g/mol. The summed E-state index contributed by atoms with van der Waals surface area (Å²) in [4.78, 5) is 35.3. The van der Waals surface area contributed by atoms with Gasteiger partial charge in [0.25, 0.3) is 5.91 Å². The molecule has 0 aliphatic carbocycles. The second-order valence-corrected chi connectivity index (χ2v) is 5.88. The Labute approximate surface area is 143 Å². The number of carbonyl (C=O) groups excluding carboxylic acids is 3. The number of methoxy groups -OCH3 is 1. The summed E-state index contributed by atoms with van der Waals surface area (Å²) in [6, 6.07) is 9.38. The molecule has 1 heterocycles. The van der Waals surface area contributed by atoms with Gasteiger partial charge in [-0.2, -0.15) is 0 Å². The Hall–Kier alpha value is -2.61. The van der Waals surface area contributed by atoms with Gasteiger partial charge in [0.2, 0.25) is 5.91 Å². The maximum absolute atomic E-state index is 12.3. The minimum atomic E-state index is -0.631. The molecule has 1 aromatic rings. The van der Waals surface area contributed by atoms with Gasteiger partial charge in [0.15, 0.2) is 5.17 Å². The number of hydrogen-bond acceptors (Lipinski definition) is 6. The molecule has 1 unspecified atom stereocenters. The van der Waals surface area contributed by atoms with E-state index in [0.717, 1.165) is 23.4 Å². The number of amidine groups is 1. The van der Waals surface area contributed by atoms with Gasteiger partial charge in [-0.3, -0.25) is 14.9 Å². The highest BCUT2D eigenvalue weighted by Gasteiger charge is 2.26. The van der Waals surface area contributed by atoms with Crippen LogP contribution in [0.25, 0.3) is 0 Å². The van der Waals surface area contributed by atoms with E-state index in [2.05, 4.69) is 20.6 Å². The predicted octanol–water partition coefficient (Wildman–Crippen LogP) is 1.49. The first-order valence-corrected chi connectivity index (χ1v) is 8.08. The summed E-state index contributed by atoms with van der Waals surface area (Å²) in [7, 11) is 1.22. The third-order valence-corrected chi connectivity index (χ3v) is 4.21. The zero-order valence-electron chi connectivity index (χ0n) is 13.2. The number of esters is 1. The summed E-state index contributed by atoms with van der Waals surface area (Å²) >= 11 is 0.954. The van der Waals surface area contributed by atoms with Gasteiger partial charge in [-0.05, 0) is 23.7 Å². The molecule has 0 spiro atoms. The molecule has 1 aromatic carbocycles. The smallest absolute Gasteiger partial charge is 0.331 e.